The zero-order valence-corrected chi connectivity index (χ0v) is 8.15. The summed E-state index contributed by atoms with van der Waals surface area (Å²) < 4.78 is 0. The zero-order chi connectivity index (χ0) is 8.41. The van der Waals surface area contributed by atoms with Gasteiger partial charge in [-0.2, -0.15) is 0 Å². The van der Waals surface area contributed by atoms with Crippen LogP contribution in [0.25, 0.3) is 0 Å². The lowest BCUT2D eigenvalue weighted by Gasteiger charge is -2.55. The standard InChI is InChI=1S/C13H18/c1-2-4-11-10(3-1)12-8-5-6-9(7-8)13(11)12/h1,3,8-13H,2,4-7H2. The van der Waals surface area contributed by atoms with Crippen molar-refractivity contribution >= 4 is 0 Å². The van der Waals surface area contributed by atoms with E-state index in [1.165, 1.54) is 24.7 Å². The summed E-state index contributed by atoms with van der Waals surface area (Å²) in [6, 6.07) is 0. The van der Waals surface area contributed by atoms with Crippen LogP contribution in [0.1, 0.15) is 32.1 Å². The van der Waals surface area contributed by atoms with Gasteiger partial charge < -0.3 is 0 Å². The minimum absolute atomic E-state index is 1.04. The molecule has 0 spiro atoms. The van der Waals surface area contributed by atoms with E-state index in [4.69, 9.17) is 0 Å². The molecule has 6 atom stereocenters. The van der Waals surface area contributed by atoms with Gasteiger partial charge in [0, 0.05) is 0 Å². The maximum absolute atomic E-state index is 2.57. The van der Waals surface area contributed by atoms with Crippen LogP contribution in [0.3, 0.4) is 0 Å². The van der Waals surface area contributed by atoms with Gasteiger partial charge in [-0.05, 0) is 67.6 Å². The highest BCUT2D eigenvalue weighted by molar-refractivity contribution is 5.17. The second-order valence-electron chi connectivity index (χ2n) is 5.73. The molecule has 70 valence electrons. The molecule has 0 heterocycles. The Hall–Kier alpha value is -0.260. The highest BCUT2D eigenvalue weighted by Gasteiger charge is 2.61. The molecule has 0 N–H and O–H groups in total. The van der Waals surface area contributed by atoms with Crippen molar-refractivity contribution in [3.05, 3.63) is 12.2 Å². The van der Waals surface area contributed by atoms with Crippen molar-refractivity contribution in [3.63, 3.8) is 0 Å². The van der Waals surface area contributed by atoms with Crippen LogP contribution in [0.15, 0.2) is 12.2 Å². The van der Waals surface area contributed by atoms with E-state index < -0.39 is 0 Å². The first-order valence-corrected chi connectivity index (χ1v) is 6.12. The molecule has 13 heavy (non-hydrogen) atoms. The molecular formula is C13H18. The smallest absolute Gasteiger partial charge is 0.0168 e. The SMILES string of the molecule is C1=CC2C(CC1)C1C3CCC(C3)C21. The van der Waals surface area contributed by atoms with Gasteiger partial charge in [-0.15, -0.1) is 0 Å². The summed E-state index contributed by atoms with van der Waals surface area (Å²) in [6.45, 7) is 0. The van der Waals surface area contributed by atoms with Crippen molar-refractivity contribution in [2.75, 3.05) is 0 Å². The molecule has 4 rings (SSSR count). The first-order valence-electron chi connectivity index (χ1n) is 6.12. The quantitative estimate of drug-likeness (QED) is 0.494. The first kappa shape index (κ1) is 7.09. The average Bonchev–Trinajstić information content (AvgIpc) is 2.68. The zero-order valence-electron chi connectivity index (χ0n) is 8.15. The summed E-state index contributed by atoms with van der Waals surface area (Å²) in [7, 11) is 0. The molecule has 0 aliphatic heterocycles. The molecule has 0 nitrogen and oxygen atoms in total. The topological polar surface area (TPSA) is 0 Å². The van der Waals surface area contributed by atoms with Crippen LogP contribution in [0.5, 0.6) is 0 Å². The molecule has 3 saturated carbocycles. The van der Waals surface area contributed by atoms with Gasteiger partial charge in [0.1, 0.15) is 0 Å². The lowest BCUT2D eigenvalue weighted by atomic mass is 9.50. The number of hydrogen-bond donors (Lipinski definition) is 0. The highest BCUT2D eigenvalue weighted by Crippen LogP contribution is 2.68. The summed E-state index contributed by atoms with van der Waals surface area (Å²) in [6.07, 6.45) is 12.7. The van der Waals surface area contributed by atoms with Crippen LogP contribution in [-0.4, -0.2) is 0 Å². The van der Waals surface area contributed by atoms with Crippen LogP contribution in [-0.2, 0) is 0 Å². The first-order chi connectivity index (χ1) is 6.45. The number of allylic oxidation sites excluding steroid dienone is 2. The van der Waals surface area contributed by atoms with E-state index in [9.17, 15) is 0 Å². The molecule has 0 aromatic heterocycles. The number of fused-ring (bicyclic) bond motifs is 8. The Balaban J connectivity index is 1.70. The van der Waals surface area contributed by atoms with E-state index >= 15 is 0 Å². The fourth-order valence-electron chi connectivity index (χ4n) is 5.18. The fraction of sp³-hybridized carbons (Fsp3) is 0.846. The van der Waals surface area contributed by atoms with E-state index in [0.29, 0.717) is 0 Å². The predicted molar refractivity (Wildman–Crippen MR) is 53.2 cm³/mol. The van der Waals surface area contributed by atoms with Gasteiger partial charge in [0.25, 0.3) is 0 Å². The molecule has 0 aromatic rings. The van der Waals surface area contributed by atoms with Gasteiger partial charge >= 0.3 is 0 Å². The number of rotatable bonds is 0. The molecular weight excluding hydrogens is 156 g/mol. The molecule has 3 fully saturated rings. The minimum Gasteiger partial charge on any atom is -0.0882 e. The third kappa shape index (κ3) is 0.705. The van der Waals surface area contributed by atoms with Crippen LogP contribution >= 0.6 is 0 Å². The minimum atomic E-state index is 1.04. The van der Waals surface area contributed by atoms with E-state index in [0.717, 1.165) is 23.7 Å². The normalized spacial score (nSPS) is 61.5. The van der Waals surface area contributed by atoms with Gasteiger partial charge in [0.05, 0.1) is 0 Å². The molecule has 0 aromatic carbocycles. The van der Waals surface area contributed by atoms with E-state index in [-0.39, 0.29) is 0 Å². The molecule has 4 aliphatic carbocycles. The van der Waals surface area contributed by atoms with Gasteiger partial charge in [0.2, 0.25) is 0 Å². The van der Waals surface area contributed by atoms with Crippen molar-refractivity contribution in [2.24, 2.45) is 35.5 Å². The molecule has 0 saturated heterocycles. The lowest BCUT2D eigenvalue weighted by molar-refractivity contribution is -0.0417. The summed E-state index contributed by atoms with van der Waals surface area (Å²) in [4.78, 5) is 0. The Bertz CT molecular complexity index is 265. The second-order valence-corrected chi connectivity index (χ2v) is 5.73. The van der Waals surface area contributed by atoms with Crippen LogP contribution in [0.2, 0.25) is 0 Å². The Kier molecular flexibility index (Phi) is 1.21. The monoisotopic (exact) mass is 174 g/mol. The molecule has 0 radical (unpaired) electrons. The largest absolute Gasteiger partial charge is 0.0882 e. The van der Waals surface area contributed by atoms with E-state index in [1.54, 1.807) is 19.3 Å². The van der Waals surface area contributed by atoms with Crippen molar-refractivity contribution in [2.45, 2.75) is 32.1 Å². The van der Waals surface area contributed by atoms with Crippen molar-refractivity contribution in [1.82, 2.24) is 0 Å². The maximum Gasteiger partial charge on any atom is -0.0168 e. The Labute approximate surface area is 80.4 Å². The Morgan fingerprint density at radius 3 is 2.69 bits per heavy atom. The highest BCUT2D eigenvalue weighted by atomic mass is 14.7. The number of hydrogen-bond acceptors (Lipinski definition) is 0. The van der Waals surface area contributed by atoms with E-state index in [2.05, 4.69) is 12.2 Å². The summed E-state index contributed by atoms with van der Waals surface area (Å²) >= 11 is 0. The van der Waals surface area contributed by atoms with Gasteiger partial charge in [-0.25, -0.2) is 0 Å². The van der Waals surface area contributed by atoms with Crippen molar-refractivity contribution in [1.29, 1.82) is 0 Å². The van der Waals surface area contributed by atoms with Crippen LogP contribution < -0.4 is 0 Å². The van der Waals surface area contributed by atoms with Gasteiger partial charge in [-0.3, -0.25) is 0 Å². The Morgan fingerprint density at radius 1 is 0.923 bits per heavy atom. The molecule has 0 amide bonds. The van der Waals surface area contributed by atoms with E-state index in [1.807, 2.05) is 0 Å². The van der Waals surface area contributed by atoms with Crippen LogP contribution in [0, 0.1) is 35.5 Å². The summed E-state index contributed by atoms with van der Waals surface area (Å²) in [5.41, 5.74) is 0. The van der Waals surface area contributed by atoms with Crippen molar-refractivity contribution in [3.8, 4) is 0 Å². The van der Waals surface area contributed by atoms with Gasteiger partial charge in [-0.1, -0.05) is 12.2 Å². The van der Waals surface area contributed by atoms with Crippen LogP contribution in [0.4, 0.5) is 0 Å². The fourth-order valence-corrected chi connectivity index (χ4v) is 5.18. The maximum atomic E-state index is 2.57. The predicted octanol–water partition coefficient (Wildman–Crippen LogP) is 3.24. The third-order valence-corrected chi connectivity index (χ3v) is 5.51. The molecule has 6 unspecified atom stereocenters. The average molecular weight is 174 g/mol. The molecule has 4 aliphatic rings. The second kappa shape index (κ2) is 2.21. The Morgan fingerprint density at radius 2 is 1.77 bits per heavy atom. The van der Waals surface area contributed by atoms with Gasteiger partial charge in [0.15, 0.2) is 0 Å². The summed E-state index contributed by atoms with van der Waals surface area (Å²) in [5, 5.41) is 0. The third-order valence-electron chi connectivity index (χ3n) is 5.51. The lowest BCUT2D eigenvalue weighted by Crippen LogP contribution is -2.49. The molecule has 2 bridgehead atoms. The van der Waals surface area contributed by atoms with Crippen molar-refractivity contribution < 1.29 is 0 Å². The molecule has 0 heteroatoms. The summed E-state index contributed by atoms with van der Waals surface area (Å²) in [5.74, 6) is 6.83.